The van der Waals surface area contributed by atoms with E-state index in [0.717, 1.165) is 0 Å². The zero-order valence-corrected chi connectivity index (χ0v) is 8.29. The first kappa shape index (κ1) is 9.98. The summed E-state index contributed by atoms with van der Waals surface area (Å²) in [6.07, 6.45) is 0. The Morgan fingerprint density at radius 1 is 1.30 bits per heavy atom. The van der Waals surface area contributed by atoms with Gasteiger partial charge in [-0.15, -0.1) is 0 Å². The van der Waals surface area contributed by atoms with Crippen molar-refractivity contribution in [3.8, 4) is 0 Å². The van der Waals surface area contributed by atoms with Crippen LogP contribution >= 0.6 is 0 Å². The molecule has 0 saturated heterocycles. The summed E-state index contributed by atoms with van der Waals surface area (Å²) in [5.41, 5.74) is 0. The molecule has 0 radical (unpaired) electrons. The van der Waals surface area contributed by atoms with Crippen molar-refractivity contribution in [1.29, 1.82) is 0 Å². The van der Waals surface area contributed by atoms with E-state index >= 15 is 0 Å². The molecule has 10 heavy (non-hydrogen) atoms. The molecule has 0 aliphatic rings. The maximum absolute atomic E-state index is 11.7. The lowest BCUT2D eigenvalue weighted by molar-refractivity contribution is 0.563. The van der Waals surface area contributed by atoms with Crippen LogP contribution in [-0.4, -0.2) is 33.2 Å². The van der Waals surface area contributed by atoms with E-state index in [4.69, 9.17) is 0 Å². The molecule has 0 aromatic heterocycles. The molecular formula is C7H17NOS. The van der Waals surface area contributed by atoms with Crippen molar-refractivity contribution in [2.45, 2.75) is 25.5 Å². The van der Waals surface area contributed by atoms with Crippen LogP contribution in [0.3, 0.4) is 0 Å². The fourth-order valence-electron chi connectivity index (χ4n) is 0.548. The molecule has 2 nitrogen and oxygen atoms in total. The number of nitrogens with zero attached hydrogens (tertiary/aromatic N) is 1. The van der Waals surface area contributed by atoms with Crippen LogP contribution in [0.2, 0.25) is 0 Å². The highest BCUT2D eigenvalue weighted by Crippen LogP contribution is 2.16. The summed E-state index contributed by atoms with van der Waals surface area (Å²) >= 11 is 0. The van der Waals surface area contributed by atoms with Gasteiger partial charge in [0.1, 0.15) is 0 Å². The Bertz CT molecular complexity index is 196. The zero-order valence-electron chi connectivity index (χ0n) is 7.47. The molecule has 0 saturated carbocycles. The van der Waals surface area contributed by atoms with Crippen LogP contribution in [-0.2, 0) is 9.71 Å². The zero-order chi connectivity index (χ0) is 8.58. The standard InChI is InChI=1S/C7H17NOS/c1-7(2,3)10(6,9)8(4)5/h6H2,1-5H3. The second-order valence-electron chi connectivity index (χ2n) is 3.57. The van der Waals surface area contributed by atoms with Crippen molar-refractivity contribution in [1.82, 2.24) is 4.31 Å². The van der Waals surface area contributed by atoms with Gasteiger partial charge < -0.3 is 0 Å². The smallest absolute Gasteiger partial charge is 0.0430 e. The maximum Gasteiger partial charge on any atom is 0.0430 e. The highest BCUT2D eigenvalue weighted by molar-refractivity contribution is 7.99. The quantitative estimate of drug-likeness (QED) is 0.528. The summed E-state index contributed by atoms with van der Waals surface area (Å²) in [6.45, 7) is 5.80. The van der Waals surface area contributed by atoms with Gasteiger partial charge in [-0.3, -0.25) is 4.21 Å². The van der Waals surface area contributed by atoms with Crippen molar-refractivity contribution in [2.75, 3.05) is 14.1 Å². The molecule has 0 amide bonds. The highest BCUT2D eigenvalue weighted by Gasteiger charge is 2.24. The topological polar surface area (TPSA) is 20.3 Å². The maximum atomic E-state index is 11.7. The Labute approximate surface area is 64.4 Å². The summed E-state index contributed by atoms with van der Waals surface area (Å²) in [7, 11) is 1.50. The molecule has 0 N–H and O–H groups in total. The summed E-state index contributed by atoms with van der Waals surface area (Å²) in [5, 5.41) is 0. The van der Waals surface area contributed by atoms with Gasteiger partial charge in [-0.05, 0) is 40.7 Å². The van der Waals surface area contributed by atoms with Gasteiger partial charge >= 0.3 is 0 Å². The molecule has 0 rings (SSSR count). The normalized spacial score (nSPS) is 19.0. The fourth-order valence-corrected chi connectivity index (χ4v) is 1.64. The van der Waals surface area contributed by atoms with Crippen molar-refractivity contribution >= 4 is 15.6 Å². The molecule has 0 aliphatic carbocycles. The van der Waals surface area contributed by atoms with Crippen LogP contribution in [0.25, 0.3) is 0 Å². The van der Waals surface area contributed by atoms with E-state index in [-0.39, 0.29) is 4.75 Å². The van der Waals surface area contributed by atoms with Gasteiger partial charge in [-0.1, -0.05) is 0 Å². The predicted octanol–water partition coefficient (Wildman–Crippen LogP) is 0.978. The van der Waals surface area contributed by atoms with Crippen LogP contribution in [0.4, 0.5) is 0 Å². The van der Waals surface area contributed by atoms with Crippen LogP contribution in [0.1, 0.15) is 20.8 Å². The first-order valence-electron chi connectivity index (χ1n) is 3.24. The molecule has 0 fully saturated rings. The van der Waals surface area contributed by atoms with Crippen molar-refractivity contribution in [2.24, 2.45) is 0 Å². The largest absolute Gasteiger partial charge is 0.252 e. The monoisotopic (exact) mass is 163 g/mol. The molecule has 0 bridgehead atoms. The van der Waals surface area contributed by atoms with Crippen molar-refractivity contribution in [3.05, 3.63) is 0 Å². The van der Waals surface area contributed by atoms with Gasteiger partial charge in [0.05, 0.1) is 0 Å². The van der Waals surface area contributed by atoms with Gasteiger partial charge in [0.15, 0.2) is 0 Å². The SMILES string of the molecule is C=S(=O)(N(C)C)C(C)(C)C. The minimum atomic E-state index is -2.08. The summed E-state index contributed by atoms with van der Waals surface area (Å²) in [6, 6.07) is 0. The molecule has 0 heterocycles. The van der Waals surface area contributed by atoms with Crippen LogP contribution < -0.4 is 0 Å². The molecule has 1 unspecified atom stereocenters. The van der Waals surface area contributed by atoms with Crippen molar-refractivity contribution in [3.63, 3.8) is 0 Å². The van der Waals surface area contributed by atoms with Gasteiger partial charge in [-0.25, -0.2) is 4.31 Å². The van der Waals surface area contributed by atoms with Gasteiger partial charge in [0.2, 0.25) is 0 Å². The summed E-state index contributed by atoms with van der Waals surface area (Å²) in [4.78, 5) is 0. The second-order valence-corrected chi connectivity index (χ2v) is 6.80. The third-order valence-electron chi connectivity index (χ3n) is 1.55. The average molecular weight is 163 g/mol. The predicted molar refractivity (Wildman–Crippen MR) is 48.7 cm³/mol. The molecular weight excluding hydrogens is 146 g/mol. The van der Waals surface area contributed by atoms with Gasteiger partial charge in [0, 0.05) is 14.5 Å². The van der Waals surface area contributed by atoms with Crippen LogP contribution in [0, 0.1) is 0 Å². The van der Waals surface area contributed by atoms with Crippen LogP contribution in [0.15, 0.2) is 0 Å². The number of rotatable bonds is 1. The van der Waals surface area contributed by atoms with E-state index in [2.05, 4.69) is 5.87 Å². The summed E-state index contributed by atoms with van der Waals surface area (Å²) in [5.74, 6) is 3.69. The first-order chi connectivity index (χ1) is 4.19. The van der Waals surface area contributed by atoms with Gasteiger partial charge in [0.25, 0.3) is 0 Å². The Kier molecular flexibility index (Phi) is 2.54. The molecule has 0 spiro atoms. The van der Waals surface area contributed by atoms with E-state index < -0.39 is 9.71 Å². The third kappa shape index (κ3) is 1.73. The summed E-state index contributed by atoms with van der Waals surface area (Å²) < 4.78 is 13.2. The molecule has 0 aliphatic heterocycles. The van der Waals surface area contributed by atoms with E-state index in [1.807, 2.05) is 20.8 Å². The van der Waals surface area contributed by atoms with E-state index in [1.54, 1.807) is 18.4 Å². The lowest BCUT2D eigenvalue weighted by Gasteiger charge is -2.29. The van der Waals surface area contributed by atoms with Gasteiger partial charge in [-0.2, -0.15) is 0 Å². The van der Waals surface area contributed by atoms with E-state index in [9.17, 15) is 4.21 Å². The second kappa shape index (κ2) is 2.55. The lowest BCUT2D eigenvalue weighted by atomic mass is 10.3. The Morgan fingerprint density at radius 2 is 1.60 bits per heavy atom. The highest BCUT2D eigenvalue weighted by atomic mass is 32.2. The molecule has 0 aromatic carbocycles. The molecule has 62 valence electrons. The fraction of sp³-hybridized carbons (Fsp3) is 0.857. The lowest BCUT2D eigenvalue weighted by Crippen LogP contribution is -2.38. The minimum absolute atomic E-state index is 0.240. The molecule has 1 atom stereocenters. The molecule has 0 aromatic rings. The Hall–Kier alpha value is -0.0200. The number of hydrogen-bond acceptors (Lipinski definition) is 1. The third-order valence-corrected chi connectivity index (χ3v) is 4.64. The molecule has 3 heteroatoms. The number of hydrogen-bond donors (Lipinski definition) is 0. The van der Waals surface area contributed by atoms with E-state index in [0.29, 0.717) is 0 Å². The first-order valence-corrected chi connectivity index (χ1v) is 4.92. The van der Waals surface area contributed by atoms with Crippen LogP contribution in [0.5, 0.6) is 0 Å². The van der Waals surface area contributed by atoms with E-state index in [1.165, 1.54) is 0 Å². The minimum Gasteiger partial charge on any atom is -0.252 e. The van der Waals surface area contributed by atoms with Crippen molar-refractivity contribution < 1.29 is 4.21 Å². The Balaban J connectivity index is 4.79. The Morgan fingerprint density at radius 3 is 1.60 bits per heavy atom. The average Bonchev–Trinajstić information content (AvgIpc) is 1.62.